The molecule has 96 valence electrons. The number of benzene rings is 1. The van der Waals surface area contributed by atoms with E-state index in [1.165, 1.54) is 42.2 Å². The average Bonchev–Trinajstić information content (AvgIpc) is 2.84. The third-order valence-electron chi connectivity index (χ3n) is 4.12. The summed E-state index contributed by atoms with van der Waals surface area (Å²) in [4.78, 5) is 1.55. The SMILES string of the molecule is CCNC1(c2cc3ccccc3s2)CCCCC1. The van der Waals surface area contributed by atoms with Gasteiger partial charge in [0.2, 0.25) is 0 Å². The minimum Gasteiger partial charge on any atom is -0.307 e. The van der Waals surface area contributed by atoms with Crippen LogP contribution in [0.2, 0.25) is 0 Å². The zero-order valence-electron chi connectivity index (χ0n) is 11.0. The molecule has 0 aliphatic heterocycles. The van der Waals surface area contributed by atoms with Crippen LogP contribution in [-0.4, -0.2) is 6.54 Å². The van der Waals surface area contributed by atoms with E-state index in [0.29, 0.717) is 0 Å². The van der Waals surface area contributed by atoms with Crippen LogP contribution in [-0.2, 0) is 5.54 Å². The fourth-order valence-electron chi connectivity index (χ4n) is 3.22. The Bertz CT molecular complexity index is 484. The second-order valence-electron chi connectivity index (χ2n) is 5.32. The largest absolute Gasteiger partial charge is 0.307 e. The van der Waals surface area contributed by atoms with Crippen LogP contribution in [0.4, 0.5) is 0 Å². The fraction of sp³-hybridized carbons (Fsp3) is 0.500. The van der Waals surface area contributed by atoms with E-state index in [9.17, 15) is 0 Å². The Morgan fingerprint density at radius 2 is 1.94 bits per heavy atom. The second kappa shape index (κ2) is 5.02. The first kappa shape index (κ1) is 12.2. The van der Waals surface area contributed by atoms with Crippen molar-refractivity contribution in [3.8, 4) is 0 Å². The van der Waals surface area contributed by atoms with E-state index in [0.717, 1.165) is 6.54 Å². The van der Waals surface area contributed by atoms with E-state index in [1.807, 2.05) is 11.3 Å². The molecule has 1 N–H and O–H groups in total. The van der Waals surface area contributed by atoms with Gasteiger partial charge in [-0.15, -0.1) is 11.3 Å². The van der Waals surface area contributed by atoms with Gasteiger partial charge in [-0.05, 0) is 36.9 Å². The molecule has 1 heterocycles. The van der Waals surface area contributed by atoms with E-state index in [1.54, 1.807) is 4.88 Å². The van der Waals surface area contributed by atoms with Gasteiger partial charge in [0.15, 0.2) is 0 Å². The summed E-state index contributed by atoms with van der Waals surface area (Å²) in [6.45, 7) is 3.29. The van der Waals surface area contributed by atoms with Gasteiger partial charge in [0.1, 0.15) is 0 Å². The maximum atomic E-state index is 3.79. The highest BCUT2D eigenvalue weighted by atomic mass is 32.1. The number of hydrogen-bond donors (Lipinski definition) is 1. The highest BCUT2D eigenvalue weighted by Gasteiger charge is 2.34. The van der Waals surface area contributed by atoms with Crippen LogP contribution in [0.15, 0.2) is 30.3 Å². The molecule has 1 fully saturated rings. The zero-order valence-corrected chi connectivity index (χ0v) is 11.9. The van der Waals surface area contributed by atoms with Crippen LogP contribution in [0.25, 0.3) is 10.1 Å². The number of nitrogens with one attached hydrogen (secondary N) is 1. The summed E-state index contributed by atoms with van der Waals surface area (Å²) in [5, 5.41) is 5.19. The Hall–Kier alpha value is -0.860. The molecule has 1 aliphatic carbocycles. The molecular formula is C16H21NS. The van der Waals surface area contributed by atoms with Gasteiger partial charge in [-0.25, -0.2) is 0 Å². The molecule has 18 heavy (non-hydrogen) atoms. The standard InChI is InChI=1S/C16H21NS/c1-2-17-16(10-6-3-7-11-16)15-12-13-8-4-5-9-14(13)18-15/h4-5,8-9,12,17H,2-3,6-7,10-11H2,1H3. The van der Waals surface area contributed by atoms with Crippen LogP contribution >= 0.6 is 11.3 Å². The maximum absolute atomic E-state index is 3.79. The van der Waals surface area contributed by atoms with Crippen LogP contribution in [0, 0.1) is 0 Å². The van der Waals surface area contributed by atoms with E-state index in [-0.39, 0.29) is 5.54 Å². The third kappa shape index (κ3) is 2.08. The highest BCUT2D eigenvalue weighted by molar-refractivity contribution is 7.19. The summed E-state index contributed by atoms with van der Waals surface area (Å²) in [5.41, 5.74) is 0.261. The first-order chi connectivity index (χ1) is 8.84. The molecule has 1 aromatic carbocycles. The Morgan fingerprint density at radius 1 is 1.17 bits per heavy atom. The van der Waals surface area contributed by atoms with Crippen molar-refractivity contribution in [2.75, 3.05) is 6.54 Å². The smallest absolute Gasteiger partial charge is 0.0529 e. The first-order valence-corrected chi connectivity index (χ1v) is 7.90. The summed E-state index contributed by atoms with van der Waals surface area (Å²) in [7, 11) is 0. The number of hydrogen-bond acceptors (Lipinski definition) is 2. The summed E-state index contributed by atoms with van der Waals surface area (Å²) < 4.78 is 1.43. The van der Waals surface area contributed by atoms with Gasteiger partial charge in [0, 0.05) is 9.58 Å². The van der Waals surface area contributed by atoms with Crippen LogP contribution in [0.5, 0.6) is 0 Å². The summed E-state index contributed by atoms with van der Waals surface area (Å²) in [6.07, 6.45) is 6.72. The molecule has 2 aromatic rings. The second-order valence-corrected chi connectivity index (χ2v) is 6.41. The molecule has 0 radical (unpaired) electrons. The Labute approximate surface area is 113 Å². The van der Waals surface area contributed by atoms with Crippen molar-refractivity contribution < 1.29 is 0 Å². The van der Waals surface area contributed by atoms with E-state index >= 15 is 0 Å². The van der Waals surface area contributed by atoms with Crippen molar-refractivity contribution in [3.63, 3.8) is 0 Å². The molecule has 0 atom stereocenters. The van der Waals surface area contributed by atoms with Gasteiger partial charge in [0.25, 0.3) is 0 Å². The normalized spacial score (nSPS) is 19.2. The van der Waals surface area contributed by atoms with Gasteiger partial charge in [-0.2, -0.15) is 0 Å². The molecule has 1 aromatic heterocycles. The Balaban J connectivity index is 2.03. The molecule has 1 aliphatic rings. The van der Waals surface area contributed by atoms with E-state index < -0.39 is 0 Å². The molecule has 1 nitrogen and oxygen atoms in total. The number of rotatable bonds is 3. The molecule has 0 bridgehead atoms. The summed E-state index contributed by atoms with van der Waals surface area (Å²) in [5.74, 6) is 0. The van der Waals surface area contributed by atoms with Crippen molar-refractivity contribution in [2.24, 2.45) is 0 Å². The Kier molecular flexibility index (Phi) is 3.40. The Morgan fingerprint density at radius 3 is 2.67 bits per heavy atom. The van der Waals surface area contributed by atoms with Crippen LogP contribution in [0.1, 0.15) is 43.9 Å². The lowest BCUT2D eigenvalue weighted by Gasteiger charge is -2.37. The fourth-order valence-corrected chi connectivity index (χ4v) is 4.51. The van der Waals surface area contributed by atoms with Crippen LogP contribution < -0.4 is 5.32 Å². The summed E-state index contributed by atoms with van der Waals surface area (Å²) in [6, 6.07) is 11.2. The molecule has 0 saturated heterocycles. The summed E-state index contributed by atoms with van der Waals surface area (Å²) >= 11 is 1.98. The monoisotopic (exact) mass is 259 g/mol. The molecule has 3 rings (SSSR count). The third-order valence-corrected chi connectivity index (χ3v) is 5.44. The van der Waals surface area contributed by atoms with Crippen molar-refractivity contribution in [1.82, 2.24) is 5.32 Å². The maximum Gasteiger partial charge on any atom is 0.0529 e. The predicted octanol–water partition coefficient (Wildman–Crippen LogP) is 4.67. The lowest BCUT2D eigenvalue weighted by molar-refractivity contribution is 0.243. The van der Waals surface area contributed by atoms with Crippen molar-refractivity contribution in [3.05, 3.63) is 35.2 Å². The highest BCUT2D eigenvalue weighted by Crippen LogP contribution is 2.42. The van der Waals surface area contributed by atoms with Gasteiger partial charge < -0.3 is 5.32 Å². The molecule has 1 saturated carbocycles. The van der Waals surface area contributed by atoms with Crippen molar-refractivity contribution in [1.29, 1.82) is 0 Å². The molecule has 2 heteroatoms. The van der Waals surface area contributed by atoms with Crippen molar-refractivity contribution in [2.45, 2.75) is 44.6 Å². The minimum absolute atomic E-state index is 0.261. The van der Waals surface area contributed by atoms with Gasteiger partial charge in [-0.3, -0.25) is 0 Å². The lowest BCUT2D eigenvalue weighted by Crippen LogP contribution is -2.43. The number of thiophene rings is 1. The van der Waals surface area contributed by atoms with E-state index in [2.05, 4.69) is 42.6 Å². The molecular weight excluding hydrogens is 238 g/mol. The molecule has 0 spiro atoms. The zero-order chi connectivity index (χ0) is 12.4. The predicted molar refractivity (Wildman–Crippen MR) is 80.3 cm³/mol. The van der Waals surface area contributed by atoms with Gasteiger partial charge >= 0.3 is 0 Å². The lowest BCUT2D eigenvalue weighted by atomic mass is 9.80. The van der Waals surface area contributed by atoms with Crippen molar-refractivity contribution >= 4 is 21.4 Å². The van der Waals surface area contributed by atoms with E-state index in [4.69, 9.17) is 0 Å². The number of fused-ring (bicyclic) bond motifs is 1. The average molecular weight is 259 g/mol. The quantitative estimate of drug-likeness (QED) is 0.844. The molecule has 0 amide bonds. The van der Waals surface area contributed by atoms with Gasteiger partial charge in [-0.1, -0.05) is 44.4 Å². The first-order valence-electron chi connectivity index (χ1n) is 7.08. The topological polar surface area (TPSA) is 12.0 Å². The van der Waals surface area contributed by atoms with Crippen LogP contribution in [0.3, 0.4) is 0 Å². The van der Waals surface area contributed by atoms with Gasteiger partial charge in [0.05, 0.1) is 5.54 Å². The molecule has 0 unspecified atom stereocenters. The minimum atomic E-state index is 0.261.